The smallest absolute Gasteiger partial charge is 0.326 e. The highest BCUT2D eigenvalue weighted by Gasteiger charge is 2.35. The Bertz CT molecular complexity index is 1300. The molecule has 152 valence electrons. The van der Waals surface area contributed by atoms with Crippen LogP contribution in [0, 0.1) is 11.3 Å². The summed E-state index contributed by atoms with van der Waals surface area (Å²) in [6.07, 6.45) is 2.42. The number of nitrogens with zero attached hydrogens (tertiary/aromatic N) is 2. The summed E-state index contributed by atoms with van der Waals surface area (Å²) >= 11 is 0. The van der Waals surface area contributed by atoms with Crippen molar-refractivity contribution in [2.75, 3.05) is 10.8 Å². The van der Waals surface area contributed by atoms with Crippen LogP contribution in [0.1, 0.15) is 23.1 Å². The lowest BCUT2D eigenvalue weighted by Crippen LogP contribution is -2.29. The molecular weight excluding hydrogens is 402 g/mol. The Morgan fingerprint density at radius 1 is 1.07 bits per heavy atom. The van der Waals surface area contributed by atoms with Crippen molar-refractivity contribution >= 4 is 32.6 Å². The summed E-state index contributed by atoms with van der Waals surface area (Å²) in [5, 5.41) is 21.0. The molecule has 0 aromatic heterocycles. The third-order valence-electron chi connectivity index (χ3n) is 5.14. The van der Waals surface area contributed by atoms with Gasteiger partial charge in [-0.15, -0.1) is 0 Å². The number of hydrogen-bond acceptors (Lipinski definition) is 5. The number of rotatable bonds is 5. The first-order chi connectivity index (χ1) is 14.4. The van der Waals surface area contributed by atoms with E-state index in [-0.39, 0.29) is 18.0 Å². The Morgan fingerprint density at radius 3 is 2.60 bits per heavy atom. The number of phenolic OH excluding ortho intramolecular Hbond substituents is 1. The molecule has 4 rings (SSSR count). The number of phenols is 1. The zero-order valence-electron chi connectivity index (χ0n) is 16.0. The second kappa shape index (κ2) is 7.69. The van der Waals surface area contributed by atoms with Crippen LogP contribution in [0.25, 0.3) is 10.8 Å². The predicted octanol–water partition coefficient (Wildman–Crippen LogP) is 2.77. The van der Waals surface area contributed by atoms with Crippen LogP contribution >= 0.6 is 0 Å². The summed E-state index contributed by atoms with van der Waals surface area (Å²) in [5.41, 5.74) is 2.84. The van der Waals surface area contributed by atoms with Crippen molar-refractivity contribution in [1.82, 2.24) is 4.72 Å². The van der Waals surface area contributed by atoms with Crippen molar-refractivity contribution in [3.63, 3.8) is 0 Å². The molecule has 30 heavy (non-hydrogen) atoms. The molecule has 1 aliphatic rings. The predicted molar refractivity (Wildman–Crippen MR) is 113 cm³/mol. The zero-order chi connectivity index (χ0) is 21.3. The maximum Gasteiger partial charge on any atom is 0.326 e. The van der Waals surface area contributed by atoms with Crippen LogP contribution in [0.15, 0.2) is 54.6 Å². The van der Waals surface area contributed by atoms with Crippen molar-refractivity contribution in [3.05, 3.63) is 71.3 Å². The third-order valence-corrected chi connectivity index (χ3v) is 6.53. The van der Waals surface area contributed by atoms with Gasteiger partial charge in [-0.05, 0) is 59.4 Å². The average Bonchev–Trinajstić information content (AvgIpc) is 2.99. The summed E-state index contributed by atoms with van der Waals surface area (Å²) in [5.74, 6) is -0.843. The Morgan fingerprint density at radius 2 is 1.87 bits per heavy atom. The highest BCUT2D eigenvalue weighted by Crippen LogP contribution is 2.35. The number of nitriles is 1. The molecule has 1 saturated heterocycles. The van der Waals surface area contributed by atoms with E-state index in [4.69, 9.17) is 0 Å². The molecule has 2 N–H and O–H groups in total. The van der Waals surface area contributed by atoms with Gasteiger partial charge in [0.1, 0.15) is 12.3 Å². The lowest BCUT2D eigenvalue weighted by atomic mass is 9.98. The van der Waals surface area contributed by atoms with E-state index in [2.05, 4.69) is 6.07 Å². The number of amides is 1. The Balaban J connectivity index is 1.57. The molecule has 0 saturated carbocycles. The lowest BCUT2D eigenvalue weighted by molar-refractivity contribution is -0.117. The minimum absolute atomic E-state index is 0.0703. The van der Waals surface area contributed by atoms with Crippen molar-refractivity contribution in [2.24, 2.45) is 0 Å². The fourth-order valence-corrected chi connectivity index (χ4v) is 4.82. The molecule has 1 fully saturated rings. The van der Waals surface area contributed by atoms with Gasteiger partial charge in [0, 0.05) is 0 Å². The number of anilines is 1. The topological polar surface area (TPSA) is 110 Å². The van der Waals surface area contributed by atoms with Crippen LogP contribution < -0.4 is 9.03 Å². The highest BCUT2D eigenvalue weighted by atomic mass is 32.2. The standard InChI is InChI=1S/C22H19N3O4S/c23-13-18-6-2-1-5-16(18)7-3-4-15-8-9-17-12-21(26)20(11-19(17)10-15)25-14-22(27)24-30(25,28)29/h1-2,5-6,8-12,26H,3-4,7,14H2,(H,24,27). The average molecular weight is 421 g/mol. The second-order valence-corrected chi connectivity index (χ2v) is 8.78. The minimum Gasteiger partial charge on any atom is -0.506 e. The van der Waals surface area contributed by atoms with Crippen LogP contribution in [0.4, 0.5) is 5.69 Å². The SMILES string of the molecule is N#Cc1ccccc1CCCc1ccc2cc(O)c(N3CC(=O)NS3(=O)=O)cc2c1. The molecule has 0 unspecified atom stereocenters. The fraction of sp³-hybridized carbons (Fsp3) is 0.182. The third kappa shape index (κ3) is 3.80. The number of aryl methyl sites for hydroxylation is 2. The quantitative estimate of drug-likeness (QED) is 0.658. The summed E-state index contributed by atoms with van der Waals surface area (Å²) in [6, 6.07) is 18.6. The molecule has 1 amide bonds. The first-order valence-corrected chi connectivity index (χ1v) is 10.9. The number of carbonyl (C=O) groups excluding carboxylic acids is 1. The maximum atomic E-state index is 12.1. The van der Waals surface area contributed by atoms with Crippen LogP contribution in [-0.4, -0.2) is 26.0 Å². The molecule has 0 spiro atoms. The molecule has 1 heterocycles. The van der Waals surface area contributed by atoms with Gasteiger partial charge in [-0.2, -0.15) is 13.7 Å². The van der Waals surface area contributed by atoms with Crippen LogP contribution in [-0.2, 0) is 27.8 Å². The molecular formula is C22H19N3O4S. The van der Waals surface area contributed by atoms with Crippen molar-refractivity contribution in [3.8, 4) is 11.8 Å². The van der Waals surface area contributed by atoms with Gasteiger partial charge < -0.3 is 5.11 Å². The van der Waals surface area contributed by atoms with E-state index < -0.39 is 16.1 Å². The van der Waals surface area contributed by atoms with Gasteiger partial charge in [0.05, 0.1) is 17.3 Å². The summed E-state index contributed by atoms with van der Waals surface area (Å²) in [6.45, 7) is -0.362. The Hall–Kier alpha value is -3.57. The molecule has 3 aromatic rings. The Labute approximate surface area is 174 Å². The van der Waals surface area contributed by atoms with Gasteiger partial charge in [-0.3, -0.25) is 4.79 Å². The number of hydrogen-bond donors (Lipinski definition) is 2. The summed E-state index contributed by atoms with van der Waals surface area (Å²) in [4.78, 5) is 11.5. The molecule has 8 heteroatoms. The second-order valence-electron chi connectivity index (χ2n) is 7.18. The number of fused-ring (bicyclic) bond motifs is 1. The molecule has 0 radical (unpaired) electrons. The molecule has 7 nitrogen and oxygen atoms in total. The van der Waals surface area contributed by atoms with Gasteiger partial charge in [0.2, 0.25) is 0 Å². The first-order valence-electron chi connectivity index (χ1n) is 9.44. The van der Waals surface area contributed by atoms with E-state index in [1.165, 1.54) is 6.07 Å². The lowest BCUT2D eigenvalue weighted by Gasteiger charge is -2.17. The number of carbonyl (C=O) groups is 1. The minimum atomic E-state index is -3.99. The molecule has 0 aliphatic carbocycles. The molecule has 1 aliphatic heterocycles. The largest absolute Gasteiger partial charge is 0.506 e. The van der Waals surface area contributed by atoms with Gasteiger partial charge in [-0.25, -0.2) is 9.03 Å². The summed E-state index contributed by atoms with van der Waals surface area (Å²) in [7, 11) is -3.99. The Kier molecular flexibility index (Phi) is 5.06. The van der Waals surface area contributed by atoms with Gasteiger partial charge in [0.25, 0.3) is 5.91 Å². The van der Waals surface area contributed by atoms with Crippen LogP contribution in [0.5, 0.6) is 5.75 Å². The van der Waals surface area contributed by atoms with E-state index in [0.29, 0.717) is 5.56 Å². The molecule has 3 aromatic carbocycles. The normalized spacial score (nSPS) is 15.2. The van der Waals surface area contributed by atoms with Gasteiger partial charge in [0.15, 0.2) is 0 Å². The van der Waals surface area contributed by atoms with E-state index in [0.717, 1.165) is 45.5 Å². The number of benzene rings is 3. The van der Waals surface area contributed by atoms with E-state index in [1.807, 2.05) is 47.2 Å². The van der Waals surface area contributed by atoms with Gasteiger partial charge in [-0.1, -0.05) is 36.4 Å². The molecule has 0 bridgehead atoms. The summed E-state index contributed by atoms with van der Waals surface area (Å²) < 4.78 is 27.0. The zero-order valence-corrected chi connectivity index (χ0v) is 16.8. The first kappa shape index (κ1) is 19.7. The number of nitrogens with one attached hydrogen (secondary N) is 1. The van der Waals surface area contributed by atoms with Gasteiger partial charge >= 0.3 is 10.2 Å². The van der Waals surface area contributed by atoms with E-state index in [9.17, 15) is 23.6 Å². The van der Waals surface area contributed by atoms with Crippen molar-refractivity contribution in [1.29, 1.82) is 5.26 Å². The fourth-order valence-electron chi connectivity index (χ4n) is 3.67. The van der Waals surface area contributed by atoms with E-state index in [1.54, 1.807) is 6.07 Å². The molecule has 0 atom stereocenters. The van der Waals surface area contributed by atoms with Crippen molar-refractivity contribution in [2.45, 2.75) is 19.3 Å². The van der Waals surface area contributed by atoms with Crippen LogP contribution in [0.2, 0.25) is 0 Å². The maximum absolute atomic E-state index is 12.1. The van der Waals surface area contributed by atoms with E-state index >= 15 is 0 Å². The van der Waals surface area contributed by atoms with Crippen molar-refractivity contribution < 1.29 is 18.3 Å². The highest BCUT2D eigenvalue weighted by molar-refractivity contribution is 7.92. The van der Waals surface area contributed by atoms with Crippen LogP contribution in [0.3, 0.4) is 0 Å². The monoisotopic (exact) mass is 421 g/mol. The number of aromatic hydroxyl groups is 1.